The van der Waals surface area contributed by atoms with Gasteiger partial charge in [-0.25, -0.2) is 0 Å². The van der Waals surface area contributed by atoms with Crippen molar-refractivity contribution in [3.05, 3.63) is 65.2 Å². The second-order valence-electron chi connectivity index (χ2n) is 6.90. The minimum absolute atomic E-state index is 0.664. The first-order chi connectivity index (χ1) is 10.8. The quantitative estimate of drug-likeness (QED) is 0.856. The highest BCUT2D eigenvalue weighted by Crippen LogP contribution is 2.33. The van der Waals surface area contributed by atoms with Crippen LogP contribution in [0.15, 0.2) is 48.5 Å². The zero-order chi connectivity index (χ0) is 14.9. The van der Waals surface area contributed by atoms with Gasteiger partial charge in [0.05, 0.1) is 0 Å². The van der Waals surface area contributed by atoms with Crippen molar-refractivity contribution in [1.82, 2.24) is 4.90 Å². The van der Waals surface area contributed by atoms with Crippen LogP contribution in [0.1, 0.15) is 29.5 Å². The zero-order valence-electron chi connectivity index (χ0n) is 13.0. The van der Waals surface area contributed by atoms with Gasteiger partial charge in [-0.15, -0.1) is 0 Å². The van der Waals surface area contributed by atoms with Gasteiger partial charge in [0, 0.05) is 24.8 Å². The second kappa shape index (κ2) is 5.77. The summed E-state index contributed by atoms with van der Waals surface area (Å²) >= 11 is 0. The van der Waals surface area contributed by atoms with E-state index in [1.54, 1.807) is 11.1 Å². The number of hydrogen-bond acceptors (Lipinski definition) is 2. The molecule has 2 heterocycles. The van der Waals surface area contributed by atoms with Crippen LogP contribution < -0.4 is 5.73 Å². The average Bonchev–Trinajstić information content (AvgIpc) is 2.50. The van der Waals surface area contributed by atoms with E-state index in [0.717, 1.165) is 18.2 Å². The minimum atomic E-state index is 0.664. The van der Waals surface area contributed by atoms with Crippen molar-refractivity contribution in [2.24, 2.45) is 5.92 Å². The molecular weight excluding hydrogens is 268 g/mol. The van der Waals surface area contributed by atoms with Crippen molar-refractivity contribution in [2.75, 3.05) is 12.3 Å². The summed E-state index contributed by atoms with van der Waals surface area (Å²) < 4.78 is 0. The summed E-state index contributed by atoms with van der Waals surface area (Å²) in [6.45, 7) is 2.21. The van der Waals surface area contributed by atoms with Crippen LogP contribution in [-0.4, -0.2) is 17.5 Å². The Kier molecular flexibility index (Phi) is 3.63. The summed E-state index contributed by atoms with van der Waals surface area (Å²) in [4.78, 5) is 2.68. The van der Waals surface area contributed by atoms with E-state index in [0.29, 0.717) is 6.04 Å². The first-order valence-electron chi connectivity index (χ1n) is 8.44. The number of piperidine rings is 1. The van der Waals surface area contributed by atoms with E-state index in [1.807, 2.05) is 12.1 Å². The number of rotatable bonds is 2. The number of nitrogen functional groups attached to an aromatic ring is 1. The second-order valence-corrected chi connectivity index (χ2v) is 6.90. The summed E-state index contributed by atoms with van der Waals surface area (Å²) in [6, 6.07) is 18.0. The van der Waals surface area contributed by atoms with Gasteiger partial charge in [0.1, 0.15) is 0 Å². The van der Waals surface area contributed by atoms with Gasteiger partial charge in [-0.05, 0) is 54.4 Å². The molecule has 2 aromatic carbocycles. The highest BCUT2D eigenvalue weighted by Gasteiger charge is 2.31. The lowest BCUT2D eigenvalue weighted by Crippen LogP contribution is -2.46. The molecule has 1 fully saturated rings. The van der Waals surface area contributed by atoms with E-state index in [9.17, 15) is 0 Å². The standard InChI is InChI=1S/C20H24N2/c21-20-8-4-3-7-18(20)14-22-13-15-9-10-19(22)12-17-6-2-1-5-16(17)11-15/h1-8,15,19H,9-14,21H2. The molecule has 2 bridgehead atoms. The molecule has 3 aliphatic rings. The topological polar surface area (TPSA) is 29.3 Å². The minimum Gasteiger partial charge on any atom is -0.398 e. The van der Waals surface area contributed by atoms with Gasteiger partial charge in [-0.1, -0.05) is 42.5 Å². The fourth-order valence-corrected chi connectivity index (χ4v) is 4.19. The number of nitrogens with two attached hydrogens (primary N) is 1. The molecule has 22 heavy (non-hydrogen) atoms. The summed E-state index contributed by atoms with van der Waals surface area (Å²) in [5.41, 5.74) is 11.5. The molecule has 2 nitrogen and oxygen atoms in total. The molecule has 114 valence electrons. The van der Waals surface area contributed by atoms with Crippen molar-refractivity contribution in [2.45, 2.75) is 38.3 Å². The number of benzene rings is 2. The largest absolute Gasteiger partial charge is 0.398 e. The van der Waals surface area contributed by atoms with Gasteiger partial charge in [-0.2, -0.15) is 0 Å². The molecule has 1 saturated heterocycles. The average molecular weight is 292 g/mol. The molecule has 2 aromatic rings. The highest BCUT2D eigenvalue weighted by molar-refractivity contribution is 5.46. The molecular formula is C20H24N2. The van der Waals surface area contributed by atoms with Crippen LogP contribution in [0.25, 0.3) is 0 Å². The lowest BCUT2D eigenvalue weighted by Gasteiger charge is -2.42. The summed E-state index contributed by atoms with van der Waals surface area (Å²) in [7, 11) is 0. The Morgan fingerprint density at radius 1 is 0.909 bits per heavy atom. The van der Waals surface area contributed by atoms with Crippen molar-refractivity contribution < 1.29 is 0 Å². The van der Waals surface area contributed by atoms with E-state index in [-0.39, 0.29) is 0 Å². The highest BCUT2D eigenvalue weighted by atomic mass is 15.2. The summed E-state index contributed by atoms with van der Waals surface area (Å²) in [5.74, 6) is 0.794. The van der Waals surface area contributed by atoms with Gasteiger partial charge in [0.2, 0.25) is 0 Å². The third kappa shape index (κ3) is 2.64. The Morgan fingerprint density at radius 3 is 2.45 bits per heavy atom. The lowest BCUT2D eigenvalue weighted by molar-refractivity contribution is 0.0940. The maximum absolute atomic E-state index is 6.16. The van der Waals surface area contributed by atoms with E-state index in [2.05, 4.69) is 41.3 Å². The lowest BCUT2D eigenvalue weighted by atomic mass is 9.80. The molecule has 0 amide bonds. The number of anilines is 1. The van der Waals surface area contributed by atoms with E-state index < -0.39 is 0 Å². The van der Waals surface area contributed by atoms with Gasteiger partial charge in [-0.3, -0.25) is 4.90 Å². The smallest absolute Gasteiger partial charge is 0.0359 e. The maximum Gasteiger partial charge on any atom is 0.0359 e. The van der Waals surface area contributed by atoms with Crippen molar-refractivity contribution in [3.8, 4) is 0 Å². The van der Waals surface area contributed by atoms with Crippen LogP contribution in [-0.2, 0) is 19.4 Å². The Bertz CT molecular complexity index is 664. The summed E-state index contributed by atoms with van der Waals surface area (Å²) in [5, 5.41) is 0. The normalized spacial score (nSPS) is 24.5. The van der Waals surface area contributed by atoms with Gasteiger partial charge in [0.25, 0.3) is 0 Å². The first-order valence-corrected chi connectivity index (χ1v) is 8.44. The maximum atomic E-state index is 6.16. The Labute approximate surface area is 132 Å². The predicted octanol–water partition coefficient (Wildman–Crippen LogP) is 3.65. The number of fused-ring (bicyclic) bond motifs is 2. The van der Waals surface area contributed by atoms with Crippen molar-refractivity contribution >= 4 is 5.69 Å². The fourth-order valence-electron chi connectivity index (χ4n) is 4.19. The molecule has 2 heteroatoms. The van der Waals surface area contributed by atoms with Crippen LogP contribution >= 0.6 is 0 Å². The predicted molar refractivity (Wildman–Crippen MR) is 91.6 cm³/mol. The van der Waals surface area contributed by atoms with Crippen LogP contribution in [0.5, 0.6) is 0 Å². The van der Waals surface area contributed by atoms with Gasteiger partial charge >= 0.3 is 0 Å². The molecule has 0 aromatic heterocycles. The van der Waals surface area contributed by atoms with Crippen LogP contribution in [0, 0.1) is 5.92 Å². The van der Waals surface area contributed by atoms with Crippen molar-refractivity contribution in [1.29, 1.82) is 0 Å². The summed E-state index contributed by atoms with van der Waals surface area (Å²) in [6.07, 6.45) is 5.13. The van der Waals surface area contributed by atoms with E-state index >= 15 is 0 Å². The monoisotopic (exact) mass is 292 g/mol. The third-order valence-corrected chi connectivity index (χ3v) is 5.43. The molecule has 2 N–H and O–H groups in total. The van der Waals surface area contributed by atoms with E-state index in [4.69, 9.17) is 5.73 Å². The number of nitrogens with zero attached hydrogens (tertiary/aromatic N) is 1. The van der Waals surface area contributed by atoms with E-state index in [1.165, 1.54) is 37.8 Å². The van der Waals surface area contributed by atoms with Crippen LogP contribution in [0.2, 0.25) is 0 Å². The van der Waals surface area contributed by atoms with Crippen molar-refractivity contribution in [3.63, 3.8) is 0 Å². The van der Waals surface area contributed by atoms with Crippen LogP contribution in [0.3, 0.4) is 0 Å². The Hall–Kier alpha value is -1.80. The molecule has 0 radical (unpaired) electrons. The fraction of sp³-hybridized carbons (Fsp3) is 0.400. The molecule has 2 atom stereocenters. The van der Waals surface area contributed by atoms with Crippen LogP contribution in [0.4, 0.5) is 5.69 Å². The van der Waals surface area contributed by atoms with Gasteiger partial charge in [0.15, 0.2) is 0 Å². The Morgan fingerprint density at radius 2 is 1.64 bits per heavy atom. The first kappa shape index (κ1) is 13.8. The molecule has 1 aliphatic carbocycles. The van der Waals surface area contributed by atoms with Gasteiger partial charge < -0.3 is 5.73 Å². The molecule has 0 spiro atoms. The zero-order valence-corrected chi connectivity index (χ0v) is 13.0. The molecule has 0 saturated carbocycles. The number of para-hydroxylation sites is 1. The molecule has 2 aliphatic heterocycles. The molecule has 5 rings (SSSR count). The SMILES string of the molecule is Nc1ccccc1CN1CC2CCC1Cc1ccccc1C2. The molecule has 2 unspecified atom stereocenters. The number of hydrogen-bond donors (Lipinski definition) is 1. The Balaban J connectivity index is 1.60. The third-order valence-electron chi connectivity index (χ3n) is 5.43.